The molecule has 22 heavy (non-hydrogen) atoms. The summed E-state index contributed by atoms with van der Waals surface area (Å²) >= 11 is 0. The van der Waals surface area contributed by atoms with Crippen LogP contribution in [0.15, 0.2) is 72.1 Å². The van der Waals surface area contributed by atoms with Gasteiger partial charge in [-0.15, -0.1) is 0 Å². The molecular weight excluding hydrogens is 296 g/mol. The molecule has 0 aliphatic rings. The maximum atomic E-state index is 12.5. The molecule has 0 radical (unpaired) electrons. The van der Waals surface area contributed by atoms with Crippen LogP contribution in [0.5, 0.6) is 0 Å². The van der Waals surface area contributed by atoms with E-state index in [9.17, 15) is 13.2 Å². The predicted molar refractivity (Wildman–Crippen MR) is 89.5 cm³/mol. The van der Waals surface area contributed by atoms with Crippen LogP contribution in [-0.4, -0.2) is 14.2 Å². The number of benzene rings is 2. The van der Waals surface area contributed by atoms with Crippen molar-refractivity contribution in [2.75, 3.05) is 0 Å². The molecule has 0 unspecified atom stereocenters. The molecule has 0 amide bonds. The normalized spacial score (nSPS) is 12.5. The monoisotopic (exact) mass is 312 g/mol. The van der Waals surface area contributed by atoms with Gasteiger partial charge >= 0.3 is 0 Å². The molecule has 0 N–H and O–H groups in total. The molecule has 4 heteroatoms. The third-order valence-electron chi connectivity index (χ3n) is 2.94. The zero-order chi connectivity index (χ0) is 16.0. The number of allylic oxidation sites excluding steroid dienone is 1. The van der Waals surface area contributed by atoms with Crippen LogP contribution in [0.3, 0.4) is 0 Å². The molecule has 2 aromatic rings. The summed E-state index contributed by atoms with van der Waals surface area (Å²) in [6.07, 6.45) is 2.67. The zero-order valence-electron chi connectivity index (χ0n) is 12.1. The van der Waals surface area contributed by atoms with Gasteiger partial charge in [0.05, 0.1) is 4.91 Å². The predicted octanol–water partition coefficient (Wildman–Crippen LogP) is 3.70. The van der Waals surface area contributed by atoms with Gasteiger partial charge in [-0.1, -0.05) is 60.7 Å². The smallest absolute Gasteiger partial charge is 0.200 e. The third kappa shape index (κ3) is 4.27. The first-order valence-corrected chi connectivity index (χ1v) is 8.29. The van der Waals surface area contributed by atoms with Crippen LogP contribution in [0, 0.1) is 0 Å². The molecule has 0 saturated carbocycles. The van der Waals surface area contributed by atoms with Crippen molar-refractivity contribution >= 4 is 26.6 Å². The minimum Gasteiger partial charge on any atom is -0.295 e. The molecule has 0 aromatic heterocycles. The number of sulfone groups is 1. The van der Waals surface area contributed by atoms with Crippen LogP contribution in [0.2, 0.25) is 0 Å². The van der Waals surface area contributed by atoms with E-state index in [-0.39, 0.29) is 10.7 Å². The highest BCUT2D eigenvalue weighted by atomic mass is 32.2. The van der Waals surface area contributed by atoms with Crippen molar-refractivity contribution in [1.29, 1.82) is 0 Å². The number of carbonyl (C=O) groups is 1. The summed E-state index contributed by atoms with van der Waals surface area (Å²) in [6, 6.07) is 17.7. The number of hydrogen-bond acceptors (Lipinski definition) is 3. The van der Waals surface area contributed by atoms with Gasteiger partial charge in [-0.2, -0.15) is 0 Å². The minimum atomic E-state index is -3.71. The quantitative estimate of drug-likeness (QED) is 0.791. The molecule has 2 aromatic carbocycles. The Labute approximate surface area is 130 Å². The SMILES string of the molecule is CC(=O)/C=C(\c1ccccc1)S(=O)(=O)C=Cc1ccccc1. The summed E-state index contributed by atoms with van der Waals surface area (Å²) < 4.78 is 25.1. The molecule has 0 saturated heterocycles. The summed E-state index contributed by atoms with van der Waals surface area (Å²) in [5.74, 6) is -0.310. The van der Waals surface area contributed by atoms with Gasteiger partial charge in [-0.05, 0) is 24.1 Å². The first-order valence-electron chi connectivity index (χ1n) is 6.75. The second-order valence-corrected chi connectivity index (χ2v) is 6.55. The first-order chi connectivity index (χ1) is 10.5. The van der Waals surface area contributed by atoms with E-state index in [0.29, 0.717) is 5.56 Å². The lowest BCUT2D eigenvalue weighted by molar-refractivity contribution is -0.112. The van der Waals surface area contributed by atoms with Gasteiger partial charge < -0.3 is 0 Å². The Balaban J connectivity index is 2.43. The first kappa shape index (κ1) is 15.9. The van der Waals surface area contributed by atoms with E-state index in [2.05, 4.69) is 0 Å². The van der Waals surface area contributed by atoms with E-state index in [1.54, 1.807) is 30.3 Å². The Hall–Kier alpha value is -2.46. The molecule has 0 fully saturated rings. The molecule has 3 nitrogen and oxygen atoms in total. The number of ketones is 1. The molecular formula is C18H16O3S. The fourth-order valence-corrected chi connectivity index (χ4v) is 3.20. The van der Waals surface area contributed by atoms with Crippen LogP contribution in [0.25, 0.3) is 11.0 Å². The Morgan fingerprint density at radius 1 is 0.909 bits per heavy atom. The fraction of sp³-hybridized carbons (Fsp3) is 0.0556. The Morgan fingerprint density at radius 3 is 2.00 bits per heavy atom. The molecule has 0 aliphatic heterocycles. The summed E-state index contributed by atoms with van der Waals surface area (Å²) in [5, 5.41) is 1.13. The average Bonchev–Trinajstić information content (AvgIpc) is 2.52. The molecule has 0 atom stereocenters. The van der Waals surface area contributed by atoms with E-state index in [4.69, 9.17) is 0 Å². The van der Waals surface area contributed by atoms with E-state index in [1.165, 1.54) is 13.0 Å². The maximum Gasteiger partial charge on any atom is 0.200 e. The lowest BCUT2D eigenvalue weighted by Gasteiger charge is -2.05. The second kappa shape index (κ2) is 7.00. The fourth-order valence-electron chi connectivity index (χ4n) is 1.92. The Kier molecular flexibility index (Phi) is 5.07. The average molecular weight is 312 g/mol. The van der Waals surface area contributed by atoms with E-state index < -0.39 is 9.84 Å². The lowest BCUT2D eigenvalue weighted by Crippen LogP contribution is -2.02. The van der Waals surface area contributed by atoms with Crippen molar-refractivity contribution in [2.24, 2.45) is 0 Å². The van der Waals surface area contributed by atoms with Crippen LogP contribution in [0.4, 0.5) is 0 Å². The molecule has 0 spiro atoms. The molecule has 0 heterocycles. The number of hydrogen-bond donors (Lipinski definition) is 0. The maximum absolute atomic E-state index is 12.5. The topological polar surface area (TPSA) is 51.2 Å². The highest BCUT2D eigenvalue weighted by molar-refractivity contribution is 8.03. The van der Waals surface area contributed by atoms with Crippen molar-refractivity contribution in [1.82, 2.24) is 0 Å². The highest BCUT2D eigenvalue weighted by Crippen LogP contribution is 2.23. The minimum absolute atomic E-state index is 0.00720. The van der Waals surface area contributed by atoms with Crippen molar-refractivity contribution < 1.29 is 13.2 Å². The summed E-state index contributed by atoms with van der Waals surface area (Å²) in [7, 11) is -3.71. The van der Waals surface area contributed by atoms with Crippen LogP contribution in [-0.2, 0) is 14.6 Å². The van der Waals surface area contributed by atoms with E-state index >= 15 is 0 Å². The van der Waals surface area contributed by atoms with Gasteiger partial charge in [-0.3, -0.25) is 4.79 Å². The van der Waals surface area contributed by atoms with Gasteiger partial charge in [0.25, 0.3) is 0 Å². The van der Waals surface area contributed by atoms with E-state index in [1.807, 2.05) is 30.3 Å². The van der Waals surface area contributed by atoms with Crippen molar-refractivity contribution in [2.45, 2.75) is 6.92 Å². The number of rotatable bonds is 5. The van der Waals surface area contributed by atoms with Crippen molar-refractivity contribution in [3.63, 3.8) is 0 Å². The van der Waals surface area contributed by atoms with E-state index in [0.717, 1.165) is 17.0 Å². The standard InChI is InChI=1S/C18H16O3S/c1-15(19)14-18(17-10-6-3-7-11-17)22(20,21)13-12-16-8-4-2-5-9-16/h2-14H,1H3/b13-12?,18-14+. The third-order valence-corrected chi connectivity index (χ3v) is 4.40. The molecule has 2 rings (SSSR count). The Bertz CT molecular complexity index is 802. The van der Waals surface area contributed by atoms with Crippen LogP contribution >= 0.6 is 0 Å². The molecule has 112 valence electrons. The Morgan fingerprint density at radius 2 is 1.45 bits per heavy atom. The molecule has 0 bridgehead atoms. The zero-order valence-corrected chi connectivity index (χ0v) is 13.0. The van der Waals surface area contributed by atoms with Gasteiger partial charge in [0.2, 0.25) is 9.84 Å². The van der Waals surface area contributed by atoms with Crippen LogP contribution in [0.1, 0.15) is 18.1 Å². The van der Waals surface area contributed by atoms with Crippen molar-refractivity contribution in [3.05, 3.63) is 83.3 Å². The summed E-state index contributed by atoms with van der Waals surface area (Å²) in [5.41, 5.74) is 1.27. The second-order valence-electron chi connectivity index (χ2n) is 4.74. The lowest BCUT2D eigenvalue weighted by atomic mass is 10.2. The largest absolute Gasteiger partial charge is 0.295 e. The number of carbonyl (C=O) groups excluding carboxylic acids is 1. The van der Waals surface area contributed by atoms with Gasteiger partial charge in [-0.25, -0.2) is 8.42 Å². The van der Waals surface area contributed by atoms with Gasteiger partial charge in [0.15, 0.2) is 5.78 Å². The van der Waals surface area contributed by atoms with Crippen molar-refractivity contribution in [3.8, 4) is 0 Å². The highest BCUT2D eigenvalue weighted by Gasteiger charge is 2.17. The van der Waals surface area contributed by atoms with Gasteiger partial charge in [0, 0.05) is 11.5 Å². The van der Waals surface area contributed by atoms with Crippen LogP contribution < -0.4 is 0 Å². The van der Waals surface area contributed by atoms with Gasteiger partial charge in [0.1, 0.15) is 0 Å². The molecule has 0 aliphatic carbocycles. The summed E-state index contributed by atoms with van der Waals surface area (Å²) in [6.45, 7) is 1.33. The summed E-state index contributed by atoms with van der Waals surface area (Å²) in [4.78, 5) is 11.4.